The highest BCUT2D eigenvalue weighted by Crippen LogP contribution is 2.28. The van der Waals surface area contributed by atoms with Crippen molar-refractivity contribution in [2.75, 3.05) is 0 Å². The molecule has 0 aliphatic heterocycles. The van der Waals surface area contributed by atoms with Gasteiger partial charge in [-0.25, -0.2) is 4.79 Å². The minimum atomic E-state index is -0.451. The molecule has 2 aromatic rings. The highest BCUT2D eigenvalue weighted by atomic mass is 79.9. The molecule has 2 aromatic carbocycles. The number of benzene rings is 2. The second kappa shape index (κ2) is 5.98. The first-order valence-electron chi connectivity index (χ1n) is 6.14. The van der Waals surface area contributed by atoms with Crippen LogP contribution in [0.4, 0.5) is 0 Å². The zero-order valence-electron chi connectivity index (χ0n) is 11.5. The van der Waals surface area contributed by atoms with E-state index >= 15 is 0 Å². The summed E-state index contributed by atoms with van der Waals surface area (Å²) in [7, 11) is 0. The maximum atomic E-state index is 12.3. The molecule has 0 saturated heterocycles. The molecular formula is C16H14BrClO2. The predicted octanol–water partition coefficient (Wildman–Crippen LogP) is 5.25. The Kier molecular flexibility index (Phi) is 4.51. The van der Waals surface area contributed by atoms with Crippen LogP contribution < -0.4 is 4.74 Å². The van der Waals surface area contributed by atoms with Crippen LogP contribution >= 0.6 is 27.5 Å². The van der Waals surface area contributed by atoms with Crippen molar-refractivity contribution in [1.29, 1.82) is 0 Å². The molecule has 20 heavy (non-hydrogen) atoms. The van der Waals surface area contributed by atoms with Gasteiger partial charge in [-0.15, -0.1) is 0 Å². The van der Waals surface area contributed by atoms with Gasteiger partial charge in [0, 0.05) is 4.47 Å². The third-order valence-corrected chi connectivity index (χ3v) is 4.04. The quantitative estimate of drug-likeness (QED) is 0.544. The summed E-state index contributed by atoms with van der Waals surface area (Å²) in [4.78, 5) is 12.3. The number of rotatable bonds is 2. The Hall–Kier alpha value is -1.32. The molecular weight excluding hydrogens is 340 g/mol. The second-order valence-corrected chi connectivity index (χ2v) is 5.99. The number of hydrogen-bond donors (Lipinski definition) is 0. The van der Waals surface area contributed by atoms with Gasteiger partial charge >= 0.3 is 5.97 Å². The van der Waals surface area contributed by atoms with Gasteiger partial charge in [-0.3, -0.25) is 0 Å². The molecule has 0 aliphatic carbocycles. The maximum Gasteiger partial charge on any atom is 0.345 e. The molecule has 2 rings (SSSR count). The second-order valence-electron chi connectivity index (χ2n) is 4.67. The first-order valence-corrected chi connectivity index (χ1v) is 7.31. The number of halogens is 2. The van der Waals surface area contributed by atoms with Crippen molar-refractivity contribution < 1.29 is 9.53 Å². The van der Waals surface area contributed by atoms with E-state index in [0.29, 0.717) is 16.3 Å². The molecule has 0 saturated carbocycles. The number of esters is 1. The number of hydrogen-bond acceptors (Lipinski definition) is 2. The van der Waals surface area contributed by atoms with Gasteiger partial charge in [0.15, 0.2) is 0 Å². The summed E-state index contributed by atoms with van der Waals surface area (Å²) in [5, 5.41) is 0.376. The zero-order chi connectivity index (χ0) is 14.9. The van der Waals surface area contributed by atoms with Crippen LogP contribution in [0.25, 0.3) is 0 Å². The molecule has 0 unspecified atom stereocenters. The Labute approximate surface area is 131 Å². The fraction of sp³-hybridized carbons (Fsp3) is 0.188. The molecule has 0 fully saturated rings. The van der Waals surface area contributed by atoms with E-state index in [1.165, 1.54) is 0 Å². The van der Waals surface area contributed by atoms with Crippen LogP contribution in [0.3, 0.4) is 0 Å². The fourth-order valence-corrected chi connectivity index (χ4v) is 2.44. The molecule has 0 heterocycles. The van der Waals surface area contributed by atoms with Crippen LogP contribution in [0.2, 0.25) is 5.02 Å². The largest absolute Gasteiger partial charge is 0.422 e. The molecule has 0 atom stereocenters. The van der Waals surface area contributed by atoms with Crippen LogP contribution in [0.1, 0.15) is 27.0 Å². The fourth-order valence-electron chi connectivity index (χ4n) is 1.88. The summed E-state index contributed by atoms with van der Waals surface area (Å²) in [5.74, 6) is 0.152. The average Bonchev–Trinajstić information content (AvgIpc) is 2.41. The van der Waals surface area contributed by atoms with E-state index in [2.05, 4.69) is 15.9 Å². The van der Waals surface area contributed by atoms with E-state index in [1.807, 2.05) is 32.9 Å². The molecule has 0 radical (unpaired) electrons. The van der Waals surface area contributed by atoms with Crippen molar-refractivity contribution in [3.05, 3.63) is 62.1 Å². The Balaban J connectivity index is 2.38. The van der Waals surface area contributed by atoms with Crippen molar-refractivity contribution in [2.24, 2.45) is 0 Å². The molecule has 0 amide bonds. The van der Waals surface area contributed by atoms with Crippen molar-refractivity contribution in [3.8, 4) is 5.75 Å². The lowest BCUT2D eigenvalue weighted by molar-refractivity contribution is 0.0732. The minimum absolute atomic E-state index is 0.348. The summed E-state index contributed by atoms with van der Waals surface area (Å²) in [6.45, 7) is 5.84. The van der Waals surface area contributed by atoms with Crippen LogP contribution in [0.5, 0.6) is 5.75 Å². The molecule has 0 bridgehead atoms. The van der Waals surface area contributed by atoms with E-state index in [1.54, 1.807) is 18.2 Å². The standard InChI is InChI=1S/C16H14BrClO2/c1-9-4-5-10(2)15(11(9)3)20-16(19)13-8-12(17)6-7-14(13)18/h4-8H,1-3H3. The minimum Gasteiger partial charge on any atom is -0.422 e. The van der Waals surface area contributed by atoms with Gasteiger partial charge in [0.05, 0.1) is 10.6 Å². The van der Waals surface area contributed by atoms with Gasteiger partial charge in [0.2, 0.25) is 0 Å². The van der Waals surface area contributed by atoms with Crippen LogP contribution in [-0.2, 0) is 0 Å². The highest BCUT2D eigenvalue weighted by molar-refractivity contribution is 9.10. The SMILES string of the molecule is Cc1ccc(C)c(OC(=O)c2cc(Br)ccc2Cl)c1C. The van der Waals surface area contributed by atoms with Crippen molar-refractivity contribution in [1.82, 2.24) is 0 Å². The monoisotopic (exact) mass is 352 g/mol. The zero-order valence-corrected chi connectivity index (χ0v) is 13.8. The van der Waals surface area contributed by atoms with E-state index in [0.717, 1.165) is 21.2 Å². The third-order valence-electron chi connectivity index (χ3n) is 3.22. The van der Waals surface area contributed by atoms with Crippen molar-refractivity contribution in [3.63, 3.8) is 0 Å². The van der Waals surface area contributed by atoms with Crippen molar-refractivity contribution in [2.45, 2.75) is 20.8 Å². The maximum absolute atomic E-state index is 12.3. The molecule has 0 aromatic heterocycles. The van der Waals surface area contributed by atoms with Crippen molar-refractivity contribution >= 4 is 33.5 Å². The lowest BCUT2D eigenvalue weighted by Gasteiger charge is -2.13. The molecule has 4 heteroatoms. The first kappa shape index (κ1) is 15.1. The van der Waals surface area contributed by atoms with E-state index in [4.69, 9.17) is 16.3 Å². The number of aryl methyl sites for hydroxylation is 2. The first-order chi connectivity index (χ1) is 9.40. The summed E-state index contributed by atoms with van der Waals surface area (Å²) in [5.41, 5.74) is 3.32. The highest BCUT2D eigenvalue weighted by Gasteiger charge is 2.16. The Morgan fingerprint density at radius 2 is 1.75 bits per heavy atom. The molecule has 104 valence electrons. The molecule has 2 nitrogen and oxygen atoms in total. The van der Waals surface area contributed by atoms with Gasteiger partial charge in [-0.05, 0) is 55.7 Å². The third kappa shape index (κ3) is 3.05. The smallest absolute Gasteiger partial charge is 0.345 e. The molecule has 0 aliphatic rings. The Bertz CT molecular complexity index is 680. The summed E-state index contributed by atoms with van der Waals surface area (Å²) < 4.78 is 6.32. The Morgan fingerprint density at radius 1 is 1.10 bits per heavy atom. The number of ether oxygens (including phenoxy) is 1. The predicted molar refractivity (Wildman–Crippen MR) is 84.8 cm³/mol. The lowest BCUT2D eigenvalue weighted by Crippen LogP contribution is -2.11. The van der Waals surface area contributed by atoms with Crippen LogP contribution in [0.15, 0.2) is 34.8 Å². The van der Waals surface area contributed by atoms with Crippen LogP contribution in [-0.4, -0.2) is 5.97 Å². The van der Waals surface area contributed by atoms with Gasteiger partial charge in [-0.2, -0.15) is 0 Å². The molecule has 0 N–H and O–H groups in total. The number of carbonyl (C=O) groups is 1. The summed E-state index contributed by atoms with van der Waals surface area (Å²) in [6, 6.07) is 9.05. The lowest BCUT2D eigenvalue weighted by atomic mass is 10.1. The number of carbonyl (C=O) groups excluding carboxylic acids is 1. The van der Waals surface area contributed by atoms with Gasteiger partial charge < -0.3 is 4.74 Å². The van der Waals surface area contributed by atoms with E-state index in [-0.39, 0.29) is 0 Å². The Morgan fingerprint density at radius 3 is 2.45 bits per heavy atom. The normalized spacial score (nSPS) is 10.4. The van der Waals surface area contributed by atoms with Gasteiger partial charge in [-0.1, -0.05) is 39.7 Å². The van der Waals surface area contributed by atoms with Gasteiger partial charge in [0.1, 0.15) is 5.75 Å². The topological polar surface area (TPSA) is 26.3 Å². The molecule has 0 spiro atoms. The average molecular weight is 354 g/mol. The van der Waals surface area contributed by atoms with Gasteiger partial charge in [0.25, 0.3) is 0 Å². The van der Waals surface area contributed by atoms with E-state index < -0.39 is 5.97 Å². The van der Waals surface area contributed by atoms with Crippen LogP contribution in [0, 0.1) is 20.8 Å². The van der Waals surface area contributed by atoms with E-state index in [9.17, 15) is 4.79 Å². The summed E-state index contributed by atoms with van der Waals surface area (Å²) >= 11 is 9.37. The summed E-state index contributed by atoms with van der Waals surface area (Å²) in [6.07, 6.45) is 0.